The van der Waals surface area contributed by atoms with Crippen LogP contribution in [0.15, 0.2) is 67.0 Å². The molecule has 0 aliphatic carbocycles. The number of fused-ring (bicyclic) bond motifs is 1. The van der Waals surface area contributed by atoms with E-state index >= 15 is 0 Å². The van der Waals surface area contributed by atoms with Gasteiger partial charge in [-0.2, -0.15) is 0 Å². The number of carboxylic acids is 1. The Bertz CT molecular complexity index is 1330. The molecule has 0 spiro atoms. The third-order valence-corrected chi connectivity index (χ3v) is 8.23. The smallest absolute Gasteiger partial charge is 0.308 e. The van der Waals surface area contributed by atoms with E-state index in [1.165, 1.54) is 0 Å². The maximum Gasteiger partial charge on any atom is 0.308 e. The Morgan fingerprint density at radius 3 is 2.67 bits per heavy atom. The van der Waals surface area contributed by atoms with Gasteiger partial charge in [-0.15, -0.1) is 0 Å². The van der Waals surface area contributed by atoms with E-state index in [1.54, 1.807) is 17.3 Å². The van der Waals surface area contributed by atoms with Gasteiger partial charge in [-0.3, -0.25) is 19.5 Å². The highest BCUT2D eigenvalue weighted by Gasteiger charge is 2.47. The molecule has 210 valence electrons. The van der Waals surface area contributed by atoms with Crippen LogP contribution in [-0.2, 0) is 29.0 Å². The zero-order chi connectivity index (χ0) is 28.1. The van der Waals surface area contributed by atoms with Gasteiger partial charge in [-0.1, -0.05) is 49.7 Å². The molecule has 0 radical (unpaired) electrons. The van der Waals surface area contributed by atoms with Crippen LogP contribution < -0.4 is 9.64 Å². The van der Waals surface area contributed by atoms with Gasteiger partial charge in [0.25, 0.3) is 0 Å². The Morgan fingerprint density at radius 2 is 1.95 bits per heavy atom. The molecule has 2 aliphatic heterocycles. The molecular weight excluding hydrogens is 506 g/mol. The number of aromatic nitrogens is 1. The van der Waals surface area contributed by atoms with Crippen molar-refractivity contribution >= 4 is 17.6 Å². The molecule has 3 atom stereocenters. The minimum absolute atomic E-state index is 0.0750. The summed E-state index contributed by atoms with van der Waals surface area (Å²) >= 11 is 0. The van der Waals surface area contributed by atoms with Crippen molar-refractivity contribution < 1.29 is 24.5 Å². The first-order chi connectivity index (χ1) is 19.5. The molecule has 8 heteroatoms. The molecule has 40 heavy (non-hydrogen) atoms. The highest BCUT2D eigenvalue weighted by atomic mass is 16.5. The molecule has 1 amide bonds. The lowest BCUT2D eigenvalue weighted by Gasteiger charge is -2.30. The SMILES string of the molecule is CCCCN(C(=O)CN1C[C@H](c2ccc3c(c2)CCO3)[C@@H](C(=O)O)[C@@H]1Cc1ccccc1CO)c1cccnc1. The number of ether oxygens (including phenoxy) is 1. The predicted octanol–water partition coefficient (Wildman–Crippen LogP) is 4.05. The average Bonchev–Trinajstić information content (AvgIpc) is 3.58. The molecule has 2 N–H and O–H groups in total. The van der Waals surface area contributed by atoms with Crippen molar-refractivity contribution in [1.29, 1.82) is 0 Å². The van der Waals surface area contributed by atoms with E-state index in [0.29, 0.717) is 26.1 Å². The number of nitrogens with zero attached hydrogens (tertiary/aromatic N) is 3. The van der Waals surface area contributed by atoms with Crippen molar-refractivity contribution in [3.8, 4) is 5.75 Å². The van der Waals surface area contributed by atoms with Gasteiger partial charge >= 0.3 is 5.97 Å². The van der Waals surface area contributed by atoms with Crippen LogP contribution in [0, 0.1) is 5.92 Å². The van der Waals surface area contributed by atoms with Gasteiger partial charge in [-0.25, -0.2) is 0 Å². The van der Waals surface area contributed by atoms with Gasteiger partial charge in [0.1, 0.15) is 5.75 Å². The van der Waals surface area contributed by atoms with Gasteiger partial charge in [-0.05, 0) is 53.3 Å². The summed E-state index contributed by atoms with van der Waals surface area (Å²) < 4.78 is 5.68. The van der Waals surface area contributed by atoms with E-state index < -0.39 is 17.9 Å². The zero-order valence-electron chi connectivity index (χ0n) is 22.9. The quantitative estimate of drug-likeness (QED) is 0.376. The molecule has 1 saturated heterocycles. The second kappa shape index (κ2) is 12.6. The summed E-state index contributed by atoms with van der Waals surface area (Å²) in [5.74, 6) is -1.10. The van der Waals surface area contributed by atoms with Crippen LogP contribution in [0.4, 0.5) is 5.69 Å². The number of aliphatic carboxylic acids is 1. The van der Waals surface area contributed by atoms with Crippen molar-refractivity contribution in [2.45, 2.75) is 51.2 Å². The summed E-state index contributed by atoms with van der Waals surface area (Å²) in [5, 5.41) is 20.5. The lowest BCUT2D eigenvalue weighted by atomic mass is 9.82. The average molecular weight is 544 g/mol. The van der Waals surface area contributed by atoms with Crippen LogP contribution in [0.2, 0.25) is 0 Å². The van der Waals surface area contributed by atoms with E-state index in [-0.39, 0.29) is 25.0 Å². The predicted molar refractivity (Wildman–Crippen MR) is 152 cm³/mol. The maximum atomic E-state index is 13.9. The minimum atomic E-state index is -0.877. The van der Waals surface area contributed by atoms with E-state index in [1.807, 2.05) is 53.4 Å². The highest BCUT2D eigenvalue weighted by Crippen LogP contribution is 2.41. The normalized spacial score (nSPS) is 20.2. The zero-order valence-corrected chi connectivity index (χ0v) is 22.9. The molecule has 2 aliphatic rings. The highest BCUT2D eigenvalue weighted by molar-refractivity contribution is 5.94. The van der Waals surface area contributed by atoms with Crippen molar-refractivity contribution in [3.05, 3.63) is 89.2 Å². The molecule has 0 unspecified atom stereocenters. The third kappa shape index (κ3) is 5.88. The molecular formula is C32H37N3O5. The number of unbranched alkanes of at least 4 members (excludes halogenated alkanes) is 1. The van der Waals surface area contributed by atoms with E-state index in [4.69, 9.17) is 4.74 Å². The number of likely N-dealkylation sites (tertiary alicyclic amines) is 1. The molecule has 3 aromatic rings. The number of aliphatic hydroxyl groups is 1. The molecule has 8 nitrogen and oxygen atoms in total. The van der Waals surface area contributed by atoms with Gasteiger partial charge < -0.3 is 19.8 Å². The Labute approximate surface area is 235 Å². The lowest BCUT2D eigenvalue weighted by Crippen LogP contribution is -2.45. The lowest BCUT2D eigenvalue weighted by molar-refractivity contribution is -0.143. The number of hydrogen-bond donors (Lipinski definition) is 2. The molecule has 1 aromatic heterocycles. The summed E-state index contributed by atoms with van der Waals surface area (Å²) in [6.07, 6.45) is 6.41. The molecule has 3 heterocycles. The number of carbonyl (C=O) groups excluding carboxylic acids is 1. The molecule has 0 bridgehead atoms. The monoisotopic (exact) mass is 543 g/mol. The molecule has 1 fully saturated rings. The number of amides is 1. The first kappa shape index (κ1) is 27.8. The number of aliphatic hydroxyl groups excluding tert-OH is 1. The van der Waals surface area contributed by atoms with Crippen LogP contribution >= 0.6 is 0 Å². The van der Waals surface area contributed by atoms with Crippen LogP contribution in [0.25, 0.3) is 0 Å². The number of carbonyl (C=O) groups is 2. The fourth-order valence-corrected chi connectivity index (χ4v) is 6.14. The summed E-state index contributed by atoms with van der Waals surface area (Å²) in [6, 6.07) is 16.8. The van der Waals surface area contributed by atoms with Crippen molar-refractivity contribution in [3.63, 3.8) is 0 Å². The standard InChI is InChI=1S/C32H37N3O5/c1-2-3-14-35(26-9-6-13-33-18-26)30(37)20-34-19-27(23-10-11-29-24(16-23)12-15-40-29)31(32(38)39)28(34)17-22-7-4-5-8-25(22)21-36/h4-11,13,16,18,27-28,31,36H,2-3,12,14-15,17,19-21H2,1H3,(H,38,39)/t27-,28+,31-/m1/s1. The van der Waals surface area contributed by atoms with Crippen LogP contribution in [0.1, 0.15) is 47.9 Å². The first-order valence-corrected chi connectivity index (χ1v) is 14.1. The van der Waals surface area contributed by atoms with E-state index in [9.17, 15) is 19.8 Å². The van der Waals surface area contributed by atoms with Crippen LogP contribution in [0.5, 0.6) is 5.75 Å². The number of hydrogen-bond acceptors (Lipinski definition) is 6. The fourth-order valence-electron chi connectivity index (χ4n) is 6.14. The molecule has 0 saturated carbocycles. The van der Waals surface area contributed by atoms with Crippen LogP contribution in [-0.4, -0.2) is 64.3 Å². The summed E-state index contributed by atoms with van der Waals surface area (Å²) in [7, 11) is 0. The van der Waals surface area contributed by atoms with Gasteiger partial charge in [0.05, 0.1) is 37.6 Å². The number of rotatable bonds is 11. The maximum absolute atomic E-state index is 13.9. The number of anilines is 1. The van der Waals surface area contributed by atoms with Gasteiger partial charge in [0.2, 0.25) is 5.91 Å². The van der Waals surface area contributed by atoms with Crippen LogP contribution in [0.3, 0.4) is 0 Å². The number of pyridine rings is 1. The first-order valence-electron chi connectivity index (χ1n) is 14.1. The second-order valence-corrected chi connectivity index (χ2v) is 10.7. The summed E-state index contributed by atoms with van der Waals surface area (Å²) in [6.45, 7) is 3.71. The number of benzene rings is 2. The third-order valence-electron chi connectivity index (χ3n) is 8.23. The van der Waals surface area contributed by atoms with Crippen molar-refractivity contribution in [2.24, 2.45) is 5.92 Å². The number of carboxylic acid groups (broad SMARTS) is 1. The second-order valence-electron chi connectivity index (χ2n) is 10.7. The van der Waals surface area contributed by atoms with E-state index in [2.05, 4.69) is 18.0 Å². The minimum Gasteiger partial charge on any atom is -0.493 e. The van der Waals surface area contributed by atoms with Gasteiger partial charge in [0.15, 0.2) is 0 Å². The van der Waals surface area contributed by atoms with E-state index in [0.717, 1.165) is 53.0 Å². The molecule has 2 aromatic carbocycles. The fraction of sp³-hybridized carbons (Fsp3) is 0.406. The van der Waals surface area contributed by atoms with Gasteiger partial charge in [0, 0.05) is 37.7 Å². The Morgan fingerprint density at radius 1 is 1.12 bits per heavy atom. The van der Waals surface area contributed by atoms with Crippen molar-refractivity contribution in [2.75, 3.05) is 31.1 Å². The summed E-state index contributed by atoms with van der Waals surface area (Å²) in [5.41, 5.74) is 4.47. The topological polar surface area (TPSA) is 103 Å². The molecule has 5 rings (SSSR count). The Balaban J connectivity index is 1.49. The van der Waals surface area contributed by atoms with Crippen molar-refractivity contribution in [1.82, 2.24) is 9.88 Å². The Kier molecular flexibility index (Phi) is 8.77. The summed E-state index contributed by atoms with van der Waals surface area (Å²) in [4.78, 5) is 34.8. The Hall–Kier alpha value is -3.75. The largest absolute Gasteiger partial charge is 0.493 e.